The number of amides is 1. The van der Waals surface area contributed by atoms with E-state index in [9.17, 15) is 9.59 Å². The zero-order valence-electron chi connectivity index (χ0n) is 18.8. The van der Waals surface area contributed by atoms with Gasteiger partial charge in [0.25, 0.3) is 0 Å². The molecule has 0 aliphatic heterocycles. The third-order valence-electron chi connectivity index (χ3n) is 4.57. The van der Waals surface area contributed by atoms with Crippen molar-refractivity contribution in [2.24, 2.45) is 0 Å². The third kappa shape index (κ3) is 5.70. The monoisotopic (exact) mass is 451 g/mol. The lowest BCUT2D eigenvalue weighted by molar-refractivity contribution is -0.111. The second-order valence-electron chi connectivity index (χ2n) is 6.70. The van der Waals surface area contributed by atoms with E-state index in [1.165, 1.54) is 32.1 Å². The molecule has 0 aliphatic carbocycles. The lowest BCUT2D eigenvalue weighted by Gasteiger charge is -2.12. The van der Waals surface area contributed by atoms with Crippen molar-refractivity contribution < 1.29 is 28.5 Å². The van der Waals surface area contributed by atoms with Gasteiger partial charge in [0.2, 0.25) is 11.7 Å². The Labute approximate surface area is 191 Å². The highest BCUT2D eigenvalue weighted by atomic mass is 16.5. The van der Waals surface area contributed by atoms with Gasteiger partial charge < -0.3 is 24.3 Å². The van der Waals surface area contributed by atoms with E-state index >= 15 is 0 Å². The minimum Gasteiger partial charge on any atom is -0.493 e. The number of rotatable bonds is 9. The minimum atomic E-state index is -0.488. The van der Waals surface area contributed by atoms with E-state index < -0.39 is 5.97 Å². The fraction of sp³-hybridized carbons (Fsp3) is 0.208. The first-order valence-corrected chi connectivity index (χ1v) is 10.1. The van der Waals surface area contributed by atoms with Crippen LogP contribution in [0, 0.1) is 0 Å². The van der Waals surface area contributed by atoms with Crippen LogP contribution in [0.2, 0.25) is 0 Å². The van der Waals surface area contributed by atoms with Crippen LogP contribution < -0.4 is 19.5 Å². The number of nitrogens with zero attached hydrogens (tertiary/aromatic N) is 2. The number of ether oxygens (including phenoxy) is 4. The summed E-state index contributed by atoms with van der Waals surface area (Å²) in [5.74, 6) is 0.645. The molecule has 9 heteroatoms. The Balaban J connectivity index is 1.73. The summed E-state index contributed by atoms with van der Waals surface area (Å²) in [6.45, 7) is 2.01. The number of hydrogen-bond donors (Lipinski definition) is 1. The van der Waals surface area contributed by atoms with Crippen molar-refractivity contribution in [1.29, 1.82) is 0 Å². The number of carbonyl (C=O) groups excluding carboxylic acids is 2. The van der Waals surface area contributed by atoms with Gasteiger partial charge in [-0.05, 0) is 55.0 Å². The van der Waals surface area contributed by atoms with Crippen LogP contribution in [0.25, 0.3) is 11.8 Å². The molecule has 0 aliphatic rings. The summed E-state index contributed by atoms with van der Waals surface area (Å²) in [4.78, 5) is 24.3. The average molecular weight is 451 g/mol. The summed E-state index contributed by atoms with van der Waals surface area (Å²) in [7, 11) is 4.58. The molecule has 33 heavy (non-hydrogen) atoms. The first kappa shape index (κ1) is 23.4. The lowest BCUT2D eigenvalue weighted by Crippen LogP contribution is -2.09. The average Bonchev–Trinajstić information content (AvgIpc) is 3.33. The molecule has 0 saturated heterocycles. The molecule has 0 fully saturated rings. The highest BCUT2D eigenvalue weighted by molar-refractivity contribution is 6.02. The van der Waals surface area contributed by atoms with Crippen molar-refractivity contribution in [3.63, 3.8) is 0 Å². The predicted molar refractivity (Wildman–Crippen MR) is 123 cm³/mol. The Morgan fingerprint density at radius 2 is 1.76 bits per heavy atom. The molecule has 1 amide bonds. The van der Waals surface area contributed by atoms with Crippen LogP contribution in [-0.4, -0.2) is 49.6 Å². The van der Waals surface area contributed by atoms with Crippen molar-refractivity contribution in [2.45, 2.75) is 6.92 Å². The van der Waals surface area contributed by atoms with Crippen LogP contribution in [-0.2, 0) is 9.53 Å². The summed E-state index contributed by atoms with van der Waals surface area (Å²) in [5.41, 5.74) is 2.16. The summed E-state index contributed by atoms with van der Waals surface area (Å²) in [6, 6.07) is 12.1. The molecule has 0 unspecified atom stereocenters. The van der Waals surface area contributed by atoms with Gasteiger partial charge in [-0.25, -0.2) is 9.48 Å². The van der Waals surface area contributed by atoms with E-state index in [1.807, 2.05) is 6.07 Å². The van der Waals surface area contributed by atoms with Crippen molar-refractivity contribution in [1.82, 2.24) is 9.78 Å². The van der Waals surface area contributed by atoms with Gasteiger partial charge in [-0.15, -0.1) is 0 Å². The summed E-state index contributed by atoms with van der Waals surface area (Å²) < 4.78 is 22.5. The zero-order valence-corrected chi connectivity index (χ0v) is 18.8. The Hall–Kier alpha value is -4.27. The molecule has 0 bridgehead atoms. The number of carbonyl (C=O) groups is 2. The highest BCUT2D eigenvalue weighted by Crippen LogP contribution is 2.38. The third-order valence-corrected chi connectivity index (χ3v) is 4.57. The first-order chi connectivity index (χ1) is 16.0. The smallest absolute Gasteiger partial charge is 0.358 e. The van der Waals surface area contributed by atoms with Crippen molar-refractivity contribution in [2.75, 3.05) is 33.3 Å². The first-order valence-electron chi connectivity index (χ1n) is 10.1. The Morgan fingerprint density at radius 1 is 1.03 bits per heavy atom. The van der Waals surface area contributed by atoms with E-state index in [-0.39, 0.29) is 18.2 Å². The zero-order chi connectivity index (χ0) is 23.8. The maximum Gasteiger partial charge on any atom is 0.358 e. The molecule has 0 atom stereocenters. The topological polar surface area (TPSA) is 101 Å². The van der Waals surface area contributed by atoms with Gasteiger partial charge in [0.15, 0.2) is 17.2 Å². The minimum absolute atomic E-state index is 0.208. The summed E-state index contributed by atoms with van der Waals surface area (Å²) in [5, 5.41) is 7.03. The molecule has 1 heterocycles. The predicted octanol–water partition coefficient (Wildman–Crippen LogP) is 3.73. The quantitative estimate of drug-likeness (QED) is 0.391. The highest BCUT2D eigenvalue weighted by Gasteiger charge is 2.13. The lowest BCUT2D eigenvalue weighted by atomic mass is 10.1. The number of methoxy groups -OCH3 is 3. The van der Waals surface area contributed by atoms with Crippen molar-refractivity contribution in [3.8, 4) is 22.9 Å². The van der Waals surface area contributed by atoms with E-state index in [4.69, 9.17) is 18.9 Å². The summed E-state index contributed by atoms with van der Waals surface area (Å²) >= 11 is 0. The van der Waals surface area contributed by atoms with Gasteiger partial charge in [-0.2, -0.15) is 5.10 Å². The molecular formula is C24H25N3O6. The van der Waals surface area contributed by atoms with E-state index in [1.54, 1.807) is 55.6 Å². The van der Waals surface area contributed by atoms with E-state index in [0.29, 0.717) is 34.2 Å². The largest absolute Gasteiger partial charge is 0.493 e. The fourth-order valence-corrected chi connectivity index (χ4v) is 3.06. The normalized spacial score (nSPS) is 10.7. The standard InChI is InChI=1S/C24H25N3O6/c1-5-33-24(29)19-11-12-27(26-19)18-8-6-7-17(15-18)25-22(28)10-9-16-13-20(30-2)23(32-4)21(14-16)31-3/h6-15H,5H2,1-4H3,(H,25,28). The van der Waals surface area contributed by atoms with E-state index in [0.717, 1.165) is 0 Å². The van der Waals surface area contributed by atoms with Gasteiger partial charge in [0, 0.05) is 18.0 Å². The van der Waals surface area contributed by atoms with Gasteiger partial charge in [0.05, 0.1) is 33.6 Å². The van der Waals surface area contributed by atoms with Crippen LogP contribution in [0.1, 0.15) is 23.0 Å². The molecule has 3 rings (SSSR count). The van der Waals surface area contributed by atoms with Crippen LogP contribution in [0.5, 0.6) is 17.2 Å². The molecule has 0 radical (unpaired) electrons. The van der Waals surface area contributed by atoms with Gasteiger partial charge >= 0.3 is 5.97 Å². The van der Waals surface area contributed by atoms with Crippen molar-refractivity contribution in [3.05, 3.63) is 66.0 Å². The number of esters is 1. The Morgan fingerprint density at radius 3 is 2.39 bits per heavy atom. The van der Waals surface area contributed by atoms with Crippen LogP contribution >= 0.6 is 0 Å². The second kappa shape index (κ2) is 10.9. The summed E-state index contributed by atoms with van der Waals surface area (Å²) in [6.07, 6.45) is 4.69. The molecule has 1 aromatic heterocycles. The second-order valence-corrected chi connectivity index (χ2v) is 6.70. The number of nitrogens with one attached hydrogen (secondary N) is 1. The van der Waals surface area contributed by atoms with Crippen LogP contribution in [0.15, 0.2) is 54.7 Å². The maximum absolute atomic E-state index is 12.5. The number of hydrogen-bond acceptors (Lipinski definition) is 7. The Bertz CT molecular complexity index is 1140. The van der Waals surface area contributed by atoms with Crippen LogP contribution in [0.3, 0.4) is 0 Å². The molecule has 3 aromatic rings. The SMILES string of the molecule is CCOC(=O)c1ccn(-c2cccc(NC(=O)C=Cc3cc(OC)c(OC)c(OC)c3)c2)n1. The molecule has 0 saturated carbocycles. The molecule has 172 valence electrons. The fourth-order valence-electron chi connectivity index (χ4n) is 3.06. The number of anilines is 1. The van der Waals surface area contributed by atoms with Gasteiger partial charge in [0.1, 0.15) is 0 Å². The Kier molecular flexibility index (Phi) is 7.69. The number of aromatic nitrogens is 2. The van der Waals surface area contributed by atoms with Gasteiger partial charge in [-0.3, -0.25) is 4.79 Å². The number of benzene rings is 2. The van der Waals surface area contributed by atoms with Crippen molar-refractivity contribution >= 4 is 23.6 Å². The van der Waals surface area contributed by atoms with Crippen LogP contribution in [0.4, 0.5) is 5.69 Å². The molecule has 0 spiro atoms. The van der Waals surface area contributed by atoms with Gasteiger partial charge in [-0.1, -0.05) is 6.07 Å². The van der Waals surface area contributed by atoms with E-state index in [2.05, 4.69) is 10.4 Å². The molecule has 9 nitrogen and oxygen atoms in total. The molecule has 2 aromatic carbocycles. The maximum atomic E-state index is 12.5. The molecular weight excluding hydrogens is 426 g/mol. The molecule has 1 N–H and O–H groups in total.